The molecule has 0 bridgehead atoms. The number of ether oxygens (including phenoxy) is 2. The lowest BCUT2D eigenvalue weighted by Crippen LogP contribution is -2.58. The van der Waals surface area contributed by atoms with Gasteiger partial charge in [0.25, 0.3) is 0 Å². The predicted molar refractivity (Wildman–Crippen MR) is 125 cm³/mol. The van der Waals surface area contributed by atoms with Crippen LogP contribution >= 0.6 is 0 Å². The fraction of sp³-hybridized carbons (Fsp3) is 0.423. The summed E-state index contributed by atoms with van der Waals surface area (Å²) in [6.45, 7) is 2.69. The molecule has 3 N–H and O–H groups in total. The van der Waals surface area contributed by atoms with E-state index in [0.29, 0.717) is 32.5 Å². The molecule has 8 nitrogen and oxygen atoms in total. The van der Waals surface area contributed by atoms with Crippen LogP contribution in [-0.2, 0) is 19.1 Å². The third kappa shape index (κ3) is 5.07. The van der Waals surface area contributed by atoms with Crippen molar-refractivity contribution >= 4 is 18.0 Å². The quantitative estimate of drug-likeness (QED) is 0.549. The van der Waals surface area contributed by atoms with Crippen LogP contribution in [0, 0.1) is 0 Å². The number of carbonyl (C=O) groups is 3. The molecule has 0 saturated carbocycles. The lowest BCUT2D eigenvalue weighted by molar-refractivity contribution is -0.140. The molecule has 2 aromatic rings. The summed E-state index contributed by atoms with van der Waals surface area (Å²) in [5.74, 6) is -1.48. The molecule has 1 aliphatic carbocycles. The monoisotopic (exact) mass is 466 g/mol. The summed E-state index contributed by atoms with van der Waals surface area (Å²) in [5, 5.41) is 14.8. The molecule has 0 spiro atoms. The molecule has 1 heterocycles. The van der Waals surface area contributed by atoms with Gasteiger partial charge in [0.2, 0.25) is 5.91 Å². The second kappa shape index (κ2) is 10.3. The summed E-state index contributed by atoms with van der Waals surface area (Å²) < 4.78 is 10.9. The Labute approximate surface area is 198 Å². The minimum Gasteiger partial charge on any atom is -0.481 e. The molecule has 2 amide bonds. The molecule has 1 unspecified atom stereocenters. The van der Waals surface area contributed by atoms with Gasteiger partial charge in [0.05, 0.1) is 12.0 Å². The van der Waals surface area contributed by atoms with E-state index in [0.717, 1.165) is 22.3 Å². The van der Waals surface area contributed by atoms with E-state index in [4.69, 9.17) is 9.47 Å². The number of hydrogen-bond donors (Lipinski definition) is 3. The maximum absolute atomic E-state index is 12.9. The Morgan fingerprint density at radius 1 is 1.06 bits per heavy atom. The van der Waals surface area contributed by atoms with Gasteiger partial charge in [-0.05, 0) is 41.5 Å². The van der Waals surface area contributed by atoms with E-state index in [1.165, 1.54) is 0 Å². The van der Waals surface area contributed by atoms with Crippen LogP contribution in [0.3, 0.4) is 0 Å². The van der Waals surface area contributed by atoms with Gasteiger partial charge in [-0.2, -0.15) is 0 Å². The molecular formula is C26H30N2O6. The van der Waals surface area contributed by atoms with Crippen molar-refractivity contribution in [3.8, 4) is 11.1 Å². The van der Waals surface area contributed by atoms with E-state index in [1.54, 1.807) is 6.92 Å². The SMILES string of the molecule is CCC(NC(=O)OCC1c2ccccc2-c2ccccc21)C(=O)NC1(CC(=O)O)CCOCC1. The first-order valence-corrected chi connectivity index (χ1v) is 11.7. The largest absolute Gasteiger partial charge is 0.481 e. The third-order valence-electron chi connectivity index (χ3n) is 6.69. The number of alkyl carbamates (subject to hydrolysis) is 1. The van der Waals surface area contributed by atoms with Crippen LogP contribution in [0.2, 0.25) is 0 Å². The van der Waals surface area contributed by atoms with E-state index < -0.39 is 29.6 Å². The number of benzene rings is 2. The van der Waals surface area contributed by atoms with Crippen LogP contribution in [0.4, 0.5) is 4.79 Å². The number of carbonyl (C=O) groups excluding carboxylic acids is 2. The molecule has 180 valence electrons. The van der Waals surface area contributed by atoms with Gasteiger partial charge in [0, 0.05) is 19.1 Å². The molecule has 1 fully saturated rings. The van der Waals surface area contributed by atoms with E-state index in [1.807, 2.05) is 36.4 Å². The standard InChI is InChI=1S/C26H30N2O6/c1-2-22(24(31)28-26(15-23(29)30)11-13-33-14-12-26)27-25(32)34-16-21-19-9-5-3-7-17(19)18-8-4-6-10-20(18)21/h3-10,21-22H,2,11-16H2,1H3,(H,27,32)(H,28,31)(H,29,30). The summed E-state index contributed by atoms with van der Waals surface area (Å²) in [5.41, 5.74) is 3.61. The van der Waals surface area contributed by atoms with E-state index in [9.17, 15) is 19.5 Å². The van der Waals surface area contributed by atoms with Gasteiger partial charge in [-0.1, -0.05) is 55.5 Å². The van der Waals surface area contributed by atoms with Gasteiger partial charge < -0.3 is 25.2 Å². The number of aliphatic carboxylic acids is 1. The highest BCUT2D eigenvalue weighted by atomic mass is 16.5. The van der Waals surface area contributed by atoms with Crippen molar-refractivity contribution in [2.75, 3.05) is 19.8 Å². The van der Waals surface area contributed by atoms with Crippen LogP contribution in [-0.4, -0.2) is 54.5 Å². The van der Waals surface area contributed by atoms with Crippen LogP contribution < -0.4 is 10.6 Å². The van der Waals surface area contributed by atoms with Gasteiger partial charge >= 0.3 is 12.1 Å². The first-order valence-electron chi connectivity index (χ1n) is 11.7. The molecule has 4 rings (SSSR count). The van der Waals surface area contributed by atoms with Crippen molar-refractivity contribution in [2.45, 2.75) is 50.1 Å². The normalized spacial score (nSPS) is 17.2. The highest BCUT2D eigenvalue weighted by Crippen LogP contribution is 2.44. The Morgan fingerprint density at radius 2 is 1.65 bits per heavy atom. The number of amides is 2. The molecule has 1 saturated heterocycles. The molecule has 1 aliphatic heterocycles. The molecule has 2 aromatic carbocycles. The van der Waals surface area contributed by atoms with Crippen molar-refractivity contribution in [3.05, 3.63) is 59.7 Å². The fourth-order valence-corrected chi connectivity index (χ4v) is 4.88. The van der Waals surface area contributed by atoms with Crippen molar-refractivity contribution in [1.29, 1.82) is 0 Å². The van der Waals surface area contributed by atoms with Crippen LogP contribution in [0.15, 0.2) is 48.5 Å². The minimum absolute atomic E-state index is 0.0758. The van der Waals surface area contributed by atoms with Crippen molar-refractivity contribution < 1.29 is 29.0 Å². The Balaban J connectivity index is 1.38. The summed E-state index contributed by atoms with van der Waals surface area (Å²) in [7, 11) is 0. The van der Waals surface area contributed by atoms with E-state index in [2.05, 4.69) is 22.8 Å². The molecule has 8 heteroatoms. The molecule has 0 radical (unpaired) electrons. The van der Waals surface area contributed by atoms with Gasteiger partial charge in [0.15, 0.2) is 0 Å². The van der Waals surface area contributed by atoms with E-state index in [-0.39, 0.29) is 18.9 Å². The summed E-state index contributed by atoms with van der Waals surface area (Å²) >= 11 is 0. The molecule has 34 heavy (non-hydrogen) atoms. The Kier molecular flexibility index (Phi) is 7.17. The number of hydrogen-bond acceptors (Lipinski definition) is 5. The highest BCUT2D eigenvalue weighted by Gasteiger charge is 2.38. The van der Waals surface area contributed by atoms with Crippen LogP contribution in [0.25, 0.3) is 11.1 Å². The Morgan fingerprint density at radius 3 is 2.21 bits per heavy atom. The number of carboxylic acids is 1. The maximum Gasteiger partial charge on any atom is 0.407 e. The molecule has 1 atom stereocenters. The Hall–Kier alpha value is -3.39. The second-order valence-corrected chi connectivity index (χ2v) is 8.88. The third-order valence-corrected chi connectivity index (χ3v) is 6.69. The van der Waals surface area contributed by atoms with Gasteiger partial charge in [-0.25, -0.2) is 4.79 Å². The van der Waals surface area contributed by atoms with Crippen LogP contribution in [0.1, 0.15) is 49.7 Å². The lowest BCUT2D eigenvalue weighted by Gasteiger charge is -2.37. The molecule has 0 aromatic heterocycles. The first kappa shape index (κ1) is 23.8. The number of nitrogens with one attached hydrogen (secondary N) is 2. The second-order valence-electron chi connectivity index (χ2n) is 8.88. The van der Waals surface area contributed by atoms with Crippen molar-refractivity contribution in [2.24, 2.45) is 0 Å². The van der Waals surface area contributed by atoms with Gasteiger partial charge in [-0.15, -0.1) is 0 Å². The average molecular weight is 467 g/mol. The van der Waals surface area contributed by atoms with Crippen molar-refractivity contribution in [3.63, 3.8) is 0 Å². The Bertz CT molecular complexity index is 1020. The zero-order valence-corrected chi connectivity index (χ0v) is 19.2. The topological polar surface area (TPSA) is 114 Å². The molecule has 2 aliphatic rings. The van der Waals surface area contributed by atoms with Gasteiger partial charge in [-0.3, -0.25) is 9.59 Å². The highest BCUT2D eigenvalue weighted by molar-refractivity contribution is 5.87. The number of fused-ring (bicyclic) bond motifs is 3. The number of carboxylic acid groups (broad SMARTS) is 1. The fourth-order valence-electron chi connectivity index (χ4n) is 4.88. The summed E-state index contributed by atoms with van der Waals surface area (Å²) in [6, 6.07) is 15.3. The van der Waals surface area contributed by atoms with Crippen LogP contribution in [0.5, 0.6) is 0 Å². The zero-order chi connectivity index (χ0) is 24.1. The smallest absolute Gasteiger partial charge is 0.407 e. The summed E-state index contributed by atoms with van der Waals surface area (Å²) in [4.78, 5) is 36.9. The van der Waals surface area contributed by atoms with E-state index >= 15 is 0 Å². The van der Waals surface area contributed by atoms with Gasteiger partial charge in [0.1, 0.15) is 12.6 Å². The van der Waals surface area contributed by atoms with Crippen molar-refractivity contribution in [1.82, 2.24) is 10.6 Å². The average Bonchev–Trinajstić information content (AvgIpc) is 3.15. The maximum atomic E-state index is 12.9. The lowest BCUT2D eigenvalue weighted by atomic mass is 9.86. The first-order chi connectivity index (χ1) is 16.4. The predicted octanol–water partition coefficient (Wildman–Crippen LogP) is 3.44. The minimum atomic E-state index is -0.986. The summed E-state index contributed by atoms with van der Waals surface area (Å²) in [6.07, 6.45) is 0.293. The number of rotatable bonds is 8. The zero-order valence-electron chi connectivity index (χ0n) is 19.2. The molecular weight excluding hydrogens is 436 g/mol.